The third-order valence-electron chi connectivity index (χ3n) is 8.78. The number of hydrogen-bond donors (Lipinski definition) is 0. The molecular weight excluding hydrogens is 1280 g/mol. The number of hydrogen-bond acceptors (Lipinski definition) is 26. The van der Waals surface area contributed by atoms with Crippen LogP contribution < -0.4 is 0 Å². The van der Waals surface area contributed by atoms with Crippen molar-refractivity contribution >= 4 is 200 Å². The monoisotopic (exact) mass is 1370 g/mol. The minimum absolute atomic E-state index is 0.634. The molecule has 0 fully saturated rings. The Morgan fingerprint density at radius 1 is 0.296 bits per heavy atom. The van der Waals surface area contributed by atoms with E-state index >= 15 is 0 Å². The highest BCUT2D eigenvalue weighted by molar-refractivity contribution is 9.27. The second-order valence-electron chi connectivity index (χ2n) is 14.8. The molecule has 0 bridgehead atoms. The summed E-state index contributed by atoms with van der Waals surface area (Å²) in [4.78, 5) is 0. The summed E-state index contributed by atoms with van der Waals surface area (Å²) in [5.41, 5.74) is 0. The molecule has 0 amide bonds. The van der Waals surface area contributed by atoms with Gasteiger partial charge >= 0.3 is 34.7 Å². The van der Waals surface area contributed by atoms with Gasteiger partial charge in [0.05, 0.1) is 0 Å². The highest BCUT2D eigenvalue weighted by atomic mass is 33.7. The van der Waals surface area contributed by atoms with E-state index in [1.165, 1.54) is 36.5 Å². The molecule has 0 aliphatic rings. The van der Waals surface area contributed by atoms with Crippen LogP contribution in [-0.2, 0) is 44.3 Å². The fraction of sp³-hybridized carbons (Fsp3) is 1.00. The highest BCUT2D eigenvalue weighted by Gasteiger charge is 2.40. The van der Waals surface area contributed by atoms with Crippen LogP contribution in [-0.4, -0.2) is 146 Å². The zero-order chi connectivity index (χ0) is 53.1. The van der Waals surface area contributed by atoms with E-state index in [2.05, 4.69) is 47.7 Å². The van der Waals surface area contributed by atoms with Crippen LogP contribution >= 0.6 is 165 Å². The number of unbranched alkanes of at least 4 members (excludes halogenated alkanes) is 1. The lowest BCUT2D eigenvalue weighted by atomic mass is 10.4. The first-order valence-corrected chi connectivity index (χ1v) is 54.6. The molecular formula is C41H94O10S16Si4. The lowest BCUT2D eigenvalue weighted by Gasteiger charge is -2.28. The molecule has 430 valence electrons. The highest BCUT2D eigenvalue weighted by Crippen LogP contribution is 2.49. The van der Waals surface area contributed by atoms with Crippen LogP contribution in [0.4, 0.5) is 0 Å². The molecule has 0 aromatic carbocycles. The molecule has 0 aromatic rings. The molecule has 0 rings (SSSR count). The fourth-order valence-corrected chi connectivity index (χ4v) is 43.0. The maximum Gasteiger partial charge on any atom is 0.500 e. The van der Waals surface area contributed by atoms with E-state index in [9.17, 15) is 0 Å². The van der Waals surface area contributed by atoms with E-state index in [0.29, 0.717) is 44.9 Å². The van der Waals surface area contributed by atoms with E-state index in [0.717, 1.165) is 92.9 Å². The Balaban J connectivity index is 0. The first-order chi connectivity index (χ1) is 34.4. The lowest BCUT2D eigenvalue weighted by molar-refractivity contribution is 0.0704. The third kappa shape index (κ3) is 49.2. The molecule has 30 heteroatoms. The second kappa shape index (κ2) is 57.9. The van der Waals surface area contributed by atoms with Gasteiger partial charge in [0.1, 0.15) is 0 Å². The van der Waals surface area contributed by atoms with E-state index in [4.69, 9.17) is 44.3 Å². The smallest absolute Gasteiger partial charge is 0.395 e. The van der Waals surface area contributed by atoms with Crippen LogP contribution in [0.2, 0.25) is 37.3 Å². The Kier molecular flexibility index (Phi) is 64.5. The maximum atomic E-state index is 5.93. The summed E-state index contributed by atoms with van der Waals surface area (Å²) in [6.07, 6.45) is 7.05. The lowest BCUT2D eigenvalue weighted by Crippen LogP contribution is -2.46. The third-order valence-corrected chi connectivity index (χ3v) is 48.3. The first-order valence-electron chi connectivity index (χ1n) is 25.2. The van der Waals surface area contributed by atoms with Crippen molar-refractivity contribution in [2.24, 2.45) is 0 Å². The summed E-state index contributed by atoms with van der Waals surface area (Å²) in [5.74, 6) is 8.12. The molecule has 0 N–H and O–H groups in total. The fourth-order valence-electron chi connectivity index (χ4n) is 6.09. The van der Waals surface area contributed by atoms with Gasteiger partial charge in [-0.25, -0.2) is 0 Å². The van der Waals surface area contributed by atoms with Gasteiger partial charge in [-0.15, -0.1) is 0 Å². The average Bonchev–Trinajstić information content (AvgIpc) is 3.32. The Labute approximate surface area is 501 Å². The zero-order valence-electron chi connectivity index (χ0n) is 45.3. The zero-order valence-corrected chi connectivity index (χ0v) is 62.3. The van der Waals surface area contributed by atoms with Gasteiger partial charge in [-0.2, -0.15) is 0 Å². The van der Waals surface area contributed by atoms with Gasteiger partial charge in [0, 0.05) is 124 Å². The maximum absolute atomic E-state index is 5.93. The quantitative estimate of drug-likeness (QED) is 0.0328. The van der Waals surface area contributed by atoms with Crippen molar-refractivity contribution < 1.29 is 44.3 Å². The van der Waals surface area contributed by atoms with Gasteiger partial charge in [-0.3, -0.25) is 0 Å². The Bertz CT molecular complexity index is 1070. The molecule has 0 heterocycles. The van der Waals surface area contributed by atoms with Crippen LogP contribution in [0, 0.1) is 0 Å². The van der Waals surface area contributed by atoms with E-state index in [-0.39, 0.29) is 0 Å². The van der Waals surface area contributed by atoms with Crippen LogP contribution in [0.15, 0.2) is 0 Å². The molecule has 0 radical (unpaired) electrons. The first kappa shape index (κ1) is 79.1. The minimum Gasteiger partial charge on any atom is -0.395 e. The summed E-state index contributed by atoms with van der Waals surface area (Å²) >= 11 is 0. The molecule has 71 heavy (non-hydrogen) atoms. The van der Waals surface area contributed by atoms with Crippen molar-refractivity contribution in [1.82, 2.24) is 0 Å². The normalized spacial score (nSPS) is 13.0. The van der Waals surface area contributed by atoms with Gasteiger partial charge in [0.15, 0.2) is 0 Å². The van der Waals surface area contributed by atoms with Crippen LogP contribution in [0.25, 0.3) is 0 Å². The average molecular weight is 1370 g/mol. The van der Waals surface area contributed by atoms with Gasteiger partial charge in [-0.05, 0) is 212 Å². The summed E-state index contributed by atoms with van der Waals surface area (Å²) < 4.78 is 59.2. The Morgan fingerprint density at radius 2 is 0.535 bits per heavy atom. The molecule has 0 saturated carbocycles. The number of rotatable bonds is 56. The molecule has 10 nitrogen and oxygen atoms in total. The minimum atomic E-state index is -2.48. The van der Waals surface area contributed by atoms with E-state index < -0.39 is 34.7 Å². The van der Waals surface area contributed by atoms with Crippen molar-refractivity contribution in [3.05, 3.63) is 0 Å². The largest absolute Gasteiger partial charge is 0.500 e. The molecule has 0 aliphatic carbocycles. The molecule has 0 aliphatic heterocycles. The Morgan fingerprint density at radius 3 is 0.817 bits per heavy atom. The van der Waals surface area contributed by atoms with Gasteiger partial charge < -0.3 is 44.3 Å². The summed E-state index contributed by atoms with van der Waals surface area (Å²) in [5, 5.41) is 0.634. The standard InChI is InChI=1S/C21H48O5S8Si2.C20H46O5S8Si2/c1-7-22-35(6,23-8-2)20-14-18-29-33-31-27-16-12-13-17-28-32-34-30-19-15-21-36(24-9-3,25-10-4)26-11-5;1-8-21-34(7,22-9-2)17-13-15-26-30-32-28-19-20(6)29-33-31-27-16-14-18-35(23-10-3,24-11-4)25-12-5/h7-21H2,1-6H3;20H,8-19H2,1-7H3. The van der Waals surface area contributed by atoms with Crippen LogP contribution in [0.3, 0.4) is 0 Å². The van der Waals surface area contributed by atoms with Crippen molar-refractivity contribution in [2.75, 3.05) is 106 Å². The summed E-state index contributed by atoms with van der Waals surface area (Å²) in [7, 11) is 22.0. The topological polar surface area (TPSA) is 92.3 Å². The van der Waals surface area contributed by atoms with Gasteiger partial charge in [-0.1, -0.05) is 93.3 Å². The van der Waals surface area contributed by atoms with Crippen molar-refractivity contribution in [3.63, 3.8) is 0 Å². The predicted octanol–water partition coefficient (Wildman–Crippen LogP) is 19.8. The van der Waals surface area contributed by atoms with Gasteiger partial charge in [0.2, 0.25) is 0 Å². The summed E-state index contributed by atoms with van der Waals surface area (Å²) in [6, 6.07) is 3.97. The molecule has 0 spiro atoms. The molecule has 1 atom stereocenters. The SMILES string of the molecule is CCO[Si](C)(CCCSSSSCC(C)SSSSCCC[Si](OCC)(OCC)OCC)OCC.CCO[Si](C)(CCCSSSSCCCCSSSSCCC[Si](OCC)(OCC)OCC)OCC. The van der Waals surface area contributed by atoms with Gasteiger partial charge in [0.25, 0.3) is 0 Å². The molecule has 0 saturated heterocycles. The van der Waals surface area contributed by atoms with Crippen LogP contribution in [0.5, 0.6) is 0 Å². The van der Waals surface area contributed by atoms with Crippen molar-refractivity contribution in [3.8, 4) is 0 Å². The Hall–Kier alpha value is 6.07. The van der Waals surface area contributed by atoms with Crippen molar-refractivity contribution in [1.29, 1.82) is 0 Å². The molecule has 0 aromatic heterocycles. The van der Waals surface area contributed by atoms with Crippen molar-refractivity contribution in [2.45, 2.75) is 157 Å². The second-order valence-corrected chi connectivity index (χ2v) is 52.0. The van der Waals surface area contributed by atoms with E-state index in [1.807, 2.05) is 207 Å². The van der Waals surface area contributed by atoms with Crippen LogP contribution in [0.1, 0.15) is 115 Å². The molecule has 1 unspecified atom stereocenters. The summed E-state index contributed by atoms with van der Waals surface area (Å²) in [6.45, 7) is 33.9. The van der Waals surface area contributed by atoms with E-state index in [1.54, 1.807) is 0 Å². The predicted molar refractivity (Wildman–Crippen MR) is 363 cm³/mol.